The Kier molecular flexibility index (Phi) is 4.95. The minimum Gasteiger partial charge on any atom is -0.468 e. The highest BCUT2D eigenvalue weighted by atomic mass is 35.5. The molecule has 1 aliphatic carbocycles. The smallest absolute Gasteiger partial charge is 0.325 e. The van der Waals surface area contributed by atoms with E-state index in [1.165, 1.54) is 19.4 Å². The van der Waals surface area contributed by atoms with Gasteiger partial charge < -0.3 is 9.64 Å². The van der Waals surface area contributed by atoms with Crippen molar-refractivity contribution in [3.05, 3.63) is 29.0 Å². The van der Waals surface area contributed by atoms with Crippen LogP contribution in [0, 0.1) is 0 Å². The Morgan fingerprint density at radius 2 is 2.15 bits per heavy atom. The van der Waals surface area contributed by atoms with Gasteiger partial charge in [0.15, 0.2) is 0 Å². The van der Waals surface area contributed by atoms with Crippen LogP contribution in [0.4, 0.5) is 0 Å². The molecule has 1 aromatic heterocycles. The summed E-state index contributed by atoms with van der Waals surface area (Å²) in [6, 6.07) is 3.20. The Morgan fingerprint density at radius 1 is 1.45 bits per heavy atom. The van der Waals surface area contributed by atoms with Crippen molar-refractivity contribution in [3.8, 4) is 0 Å². The van der Waals surface area contributed by atoms with E-state index in [0.29, 0.717) is 5.02 Å². The second-order valence-electron chi connectivity index (χ2n) is 4.81. The van der Waals surface area contributed by atoms with Crippen LogP contribution in [0.3, 0.4) is 0 Å². The zero-order valence-electron chi connectivity index (χ0n) is 11.3. The molecule has 108 valence electrons. The number of carbonyl (C=O) groups excluding carboxylic acids is 2. The minimum absolute atomic E-state index is 0.0474. The van der Waals surface area contributed by atoms with E-state index in [9.17, 15) is 9.59 Å². The van der Waals surface area contributed by atoms with E-state index in [4.69, 9.17) is 11.6 Å². The molecule has 1 amide bonds. The van der Waals surface area contributed by atoms with Gasteiger partial charge in [0, 0.05) is 17.3 Å². The number of methoxy groups -OCH3 is 1. The number of carbonyl (C=O) groups is 2. The van der Waals surface area contributed by atoms with Gasteiger partial charge >= 0.3 is 5.97 Å². The normalized spacial score (nSPS) is 15.1. The third-order valence-electron chi connectivity index (χ3n) is 3.49. The number of rotatable bonds is 4. The molecular weight excluding hydrogens is 280 g/mol. The van der Waals surface area contributed by atoms with Crippen LogP contribution in [0.25, 0.3) is 0 Å². The summed E-state index contributed by atoms with van der Waals surface area (Å²) in [5.41, 5.74) is 0.258. The molecule has 0 spiro atoms. The Labute approximate surface area is 122 Å². The SMILES string of the molecule is COC(=O)CN(C(=O)c1cc(Cl)ccn1)C1CCCC1. The molecule has 0 bridgehead atoms. The van der Waals surface area contributed by atoms with Crippen LogP contribution >= 0.6 is 11.6 Å². The highest BCUT2D eigenvalue weighted by Gasteiger charge is 2.30. The average Bonchev–Trinajstić information content (AvgIpc) is 2.97. The van der Waals surface area contributed by atoms with E-state index in [-0.39, 0.29) is 24.2 Å². The Morgan fingerprint density at radius 3 is 2.75 bits per heavy atom. The molecule has 6 heteroatoms. The summed E-state index contributed by atoms with van der Waals surface area (Å²) in [4.78, 5) is 29.6. The van der Waals surface area contributed by atoms with Crippen LogP contribution < -0.4 is 0 Å². The van der Waals surface area contributed by atoms with E-state index < -0.39 is 5.97 Å². The third-order valence-corrected chi connectivity index (χ3v) is 3.73. The van der Waals surface area contributed by atoms with Crippen molar-refractivity contribution >= 4 is 23.5 Å². The van der Waals surface area contributed by atoms with E-state index in [1.807, 2.05) is 0 Å². The van der Waals surface area contributed by atoms with Gasteiger partial charge in [-0.1, -0.05) is 24.4 Å². The number of pyridine rings is 1. The van der Waals surface area contributed by atoms with Crippen molar-refractivity contribution in [2.45, 2.75) is 31.7 Å². The van der Waals surface area contributed by atoms with Crippen LogP contribution in [-0.2, 0) is 9.53 Å². The minimum atomic E-state index is -0.424. The summed E-state index contributed by atoms with van der Waals surface area (Å²) in [7, 11) is 1.32. The lowest BCUT2D eigenvalue weighted by Gasteiger charge is -2.27. The molecule has 1 fully saturated rings. The Hall–Kier alpha value is -1.62. The topological polar surface area (TPSA) is 59.5 Å². The first-order valence-electron chi connectivity index (χ1n) is 6.61. The van der Waals surface area contributed by atoms with Crippen molar-refractivity contribution in [2.24, 2.45) is 0 Å². The van der Waals surface area contributed by atoms with Crippen molar-refractivity contribution in [2.75, 3.05) is 13.7 Å². The first-order valence-corrected chi connectivity index (χ1v) is 6.99. The fraction of sp³-hybridized carbons (Fsp3) is 0.500. The third kappa shape index (κ3) is 3.48. The van der Waals surface area contributed by atoms with Gasteiger partial charge in [-0.05, 0) is 25.0 Å². The van der Waals surface area contributed by atoms with Gasteiger partial charge in [-0.2, -0.15) is 0 Å². The lowest BCUT2D eigenvalue weighted by atomic mass is 10.2. The zero-order valence-corrected chi connectivity index (χ0v) is 12.1. The Balaban J connectivity index is 2.20. The van der Waals surface area contributed by atoms with Gasteiger partial charge in [-0.3, -0.25) is 14.6 Å². The standard InChI is InChI=1S/C14H17ClN2O3/c1-20-13(18)9-17(11-4-2-3-5-11)14(19)12-8-10(15)6-7-16-12/h6-8,11H,2-5,9H2,1H3. The van der Waals surface area contributed by atoms with Crippen LogP contribution in [0.15, 0.2) is 18.3 Å². The molecule has 1 aromatic rings. The molecule has 1 heterocycles. The number of hydrogen-bond acceptors (Lipinski definition) is 4. The van der Waals surface area contributed by atoms with Gasteiger partial charge in [-0.15, -0.1) is 0 Å². The van der Waals surface area contributed by atoms with E-state index in [0.717, 1.165) is 25.7 Å². The van der Waals surface area contributed by atoms with Gasteiger partial charge in [0.2, 0.25) is 0 Å². The predicted molar refractivity (Wildman–Crippen MR) is 74.6 cm³/mol. The monoisotopic (exact) mass is 296 g/mol. The van der Waals surface area contributed by atoms with Gasteiger partial charge in [0.25, 0.3) is 5.91 Å². The molecule has 0 saturated heterocycles. The van der Waals surface area contributed by atoms with Crippen molar-refractivity contribution < 1.29 is 14.3 Å². The molecule has 1 aliphatic rings. The van der Waals surface area contributed by atoms with Crippen LogP contribution in [0.2, 0.25) is 5.02 Å². The van der Waals surface area contributed by atoms with Gasteiger partial charge in [0.05, 0.1) is 7.11 Å². The number of amides is 1. The van der Waals surface area contributed by atoms with Crippen LogP contribution in [0.1, 0.15) is 36.2 Å². The molecular formula is C14H17ClN2O3. The molecule has 1 saturated carbocycles. The fourth-order valence-electron chi connectivity index (χ4n) is 2.46. The summed E-state index contributed by atoms with van der Waals surface area (Å²) in [6.45, 7) is -0.0474. The second kappa shape index (κ2) is 6.70. The first kappa shape index (κ1) is 14.8. The lowest BCUT2D eigenvalue weighted by Crippen LogP contribution is -2.42. The quantitative estimate of drug-likeness (QED) is 0.800. The highest BCUT2D eigenvalue weighted by Crippen LogP contribution is 2.25. The predicted octanol–water partition coefficient (Wildman–Crippen LogP) is 2.29. The lowest BCUT2D eigenvalue weighted by molar-refractivity contribution is -0.141. The van der Waals surface area contributed by atoms with E-state index >= 15 is 0 Å². The molecule has 0 aliphatic heterocycles. The fourth-order valence-corrected chi connectivity index (χ4v) is 2.61. The summed E-state index contributed by atoms with van der Waals surface area (Å²) in [6.07, 6.45) is 5.43. The summed E-state index contributed by atoms with van der Waals surface area (Å²) in [5, 5.41) is 0.452. The van der Waals surface area contributed by atoms with Crippen molar-refractivity contribution in [1.82, 2.24) is 9.88 Å². The maximum Gasteiger partial charge on any atom is 0.325 e. The maximum absolute atomic E-state index is 12.5. The molecule has 0 unspecified atom stereocenters. The number of halogens is 1. The summed E-state index contributed by atoms with van der Waals surface area (Å²) < 4.78 is 4.67. The largest absolute Gasteiger partial charge is 0.468 e. The molecule has 0 aromatic carbocycles. The van der Waals surface area contributed by atoms with Gasteiger partial charge in [0.1, 0.15) is 12.2 Å². The molecule has 2 rings (SSSR count). The number of hydrogen-bond donors (Lipinski definition) is 0. The number of aromatic nitrogens is 1. The molecule has 5 nitrogen and oxygen atoms in total. The van der Waals surface area contributed by atoms with Crippen molar-refractivity contribution in [3.63, 3.8) is 0 Å². The van der Waals surface area contributed by atoms with Crippen LogP contribution in [-0.4, -0.2) is 41.5 Å². The second-order valence-corrected chi connectivity index (χ2v) is 5.24. The molecule has 0 N–H and O–H groups in total. The van der Waals surface area contributed by atoms with Gasteiger partial charge in [-0.25, -0.2) is 0 Å². The molecule has 20 heavy (non-hydrogen) atoms. The number of nitrogens with zero attached hydrogens (tertiary/aromatic N) is 2. The number of ether oxygens (including phenoxy) is 1. The molecule has 0 atom stereocenters. The number of esters is 1. The highest BCUT2D eigenvalue weighted by molar-refractivity contribution is 6.30. The molecule has 0 radical (unpaired) electrons. The zero-order chi connectivity index (χ0) is 14.5. The Bertz CT molecular complexity index is 501. The van der Waals surface area contributed by atoms with E-state index in [1.54, 1.807) is 11.0 Å². The summed E-state index contributed by atoms with van der Waals surface area (Å²) in [5.74, 6) is -0.697. The maximum atomic E-state index is 12.5. The first-order chi connectivity index (χ1) is 9.61. The van der Waals surface area contributed by atoms with Crippen molar-refractivity contribution in [1.29, 1.82) is 0 Å². The summed E-state index contributed by atoms with van der Waals surface area (Å²) >= 11 is 5.88. The van der Waals surface area contributed by atoms with E-state index in [2.05, 4.69) is 9.72 Å². The average molecular weight is 297 g/mol. The van der Waals surface area contributed by atoms with Crippen LogP contribution in [0.5, 0.6) is 0 Å².